The minimum atomic E-state index is -3.62. The van der Waals surface area contributed by atoms with Gasteiger partial charge in [-0.2, -0.15) is 5.26 Å². The number of nitriles is 1. The van der Waals surface area contributed by atoms with Gasteiger partial charge in [0.15, 0.2) is 0 Å². The van der Waals surface area contributed by atoms with Gasteiger partial charge in [-0.25, -0.2) is 0 Å². The van der Waals surface area contributed by atoms with Crippen molar-refractivity contribution in [3.8, 4) is 6.07 Å². The average molecular weight is 470 g/mol. The molecule has 2 atom stereocenters. The van der Waals surface area contributed by atoms with Gasteiger partial charge in [-0.05, 0) is 54.5 Å². The minimum Gasteiger partial charge on any atom is -0.411 e. The molecule has 0 spiro atoms. The molecule has 2 aliphatic carbocycles. The Morgan fingerprint density at radius 3 is 2.71 bits per heavy atom. The highest BCUT2D eigenvalue weighted by Gasteiger charge is 2.56. The van der Waals surface area contributed by atoms with Gasteiger partial charge in [0, 0.05) is 30.4 Å². The molecule has 1 amide bonds. The van der Waals surface area contributed by atoms with Crippen molar-refractivity contribution in [1.29, 1.82) is 5.26 Å². The Morgan fingerprint density at radius 2 is 2.03 bits per heavy atom. The van der Waals surface area contributed by atoms with Crippen molar-refractivity contribution in [3.05, 3.63) is 47.2 Å². The first-order valence-corrected chi connectivity index (χ1v) is 11.8. The molecule has 1 saturated carbocycles. The molecule has 1 aromatic carbocycles. The number of hydrogen-bond donors (Lipinski definition) is 1. The number of rotatable bonds is 5. The molecule has 5 rings (SSSR count). The maximum Gasteiger partial charge on any atom is 0.535 e. The number of carbonyl (C=O) groups excluding carboxylic acids is 1. The van der Waals surface area contributed by atoms with E-state index in [1.165, 1.54) is 6.08 Å². The van der Waals surface area contributed by atoms with Gasteiger partial charge in [-0.15, -0.1) is 8.78 Å². The van der Waals surface area contributed by atoms with Gasteiger partial charge in [0.25, 0.3) is 0 Å². The van der Waals surface area contributed by atoms with E-state index in [-0.39, 0.29) is 29.5 Å². The number of carbonyl (C=O) groups is 1. The zero-order valence-corrected chi connectivity index (χ0v) is 19.7. The molecular formula is C26H29F2N3O3. The number of allylic oxidation sites excluding steroid dienone is 2. The van der Waals surface area contributed by atoms with Gasteiger partial charge in [0.2, 0.25) is 5.91 Å². The number of amides is 1. The molecule has 1 N–H and O–H groups in total. The van der Waals surface area contributed by atoms with E-state index in [4.69, 9.17) is 10.00 Å². The van der Waals surface area contributed by atoms with E-state index in [1.807, 2.05) is 18.2 Å². The lowest BCUT2D eigenvalue weighted by atomic mass is 9.84. The van der Waals surface area contributed by atoms with Crippen molar-refractivity contribution in [3.63, 3.8) is 0 Å². The van der Waals surface area contributed by atoms with Crippen LogP contribution in [-0.4, -0.2) is 30.9 Å². The van der Waals surface area contributed by atoms with Crippen molar-refractivity contribution >= 4 is 17.3 Å². The van der Waals surface area contributed by atoms with Gasteiger partial charge in [-0.3, -0.25) is 9.53 Å². The molecule has 1 aromatic rings. The molecule has 2 heterocycles. The van der Waals surface area contributed by atoms with Gasteiger partial charge in [-0.1, -0.05) is 32.4 Å². The molecule has 8 heteroatoms. The maximum atomic E-state index is 13.4. The first-order valence-electron chi connectivity index (χ1n) is 11.8. The number of ether oxygens (including phenoxy) is 2. The van der Waals surface area contributed by atoms with Crippen LogP contribution in [0.1, 0.15) is 52.0 Å². The van der Waals surface area contributed by atoms with Crippen molar-refractivity contribution in [2.75, 3.05) is 16.8 Å². The minimum absolute atomic E-state index is 0.0403. The van der Waals surface area contributed by atoms with Crippen LogP contribution in [0.25, 0.3) is 0 Å². The molecule has 34 heavy (non-hydrogen) atoms. The maximum absolute atomic E-state index is 13.4. The van der Waals surface area contributed by atoms with Crippen LogP contribution in [0, 0.1) is 22.2 Å². The second kappa shape index (κ2) is 7.81. The summed E-state index contributed by atoms with van der Waals surface area (Å²) >= 11 is 0. The molecule has 2 fully saturated rings. The van der Waals surface area contributed by atoms with Crippen LogP contribution in [0.5, 0.6) is 0 Å². The van der Waals surface area contributed by atoms with Gasteiger partial charge < -0.3 is 15.0 Å². The third-order valence-electron chi connectivity index (χ3n) is 7.39. The number of fused-ring (bicyclic) bond motifs is 2. The van der Waals surface area contributed by atoms with Gasteiger partial charge in [0.1, 0.15) is 11.9 Å². The second-order valence-corrected chi connectivity index (χ2v) is 10.7. The van der Waals surface area contributed by atoms with Gasteiger partial charge in [0.05, 0.1) is 17.9 Å². The van der Waals surface area contributed by atoms with Crippen molar-refractivity contribution in [2.24, 2.45) is 10.8 Å². The third kappa shape index (κ3) is 3.96. The number of benzene rings is 1. The Hall–Kier alpha value is -2.92. The van der Waals surface area contributed by atoms with E-state index in [2.05, 4.69) is 41.8 Å². The Balaban J connectivity index is 1.32. The second-order valence-electron chi connectivity index (χ2n) is 10.7. The fraction of sp³-hybridized carbons (Fsp3) is 0.538. The highest BCUT2D eigenvalue weighted by Crippen LogP contribution is 2.56. The fourth-order valence-corrected chi connectivity index (χ4v) is 5.42. The fourth-order valence-electron chi connectivity index (χ4n) is 5.42. The lowest BCUT2D eigenvalue weighted by Gasteiger charge is -2.36. The van der Waals surface area contributed by atoms with E-state index < -0.39 is 17.8 Å². The van der Waals surface area contributed by atoms with E-state index in [1.54, 1.807) is 6.08 Å². The summed E-state index contributed by atoms with van der Waals surface area (Å²) in [5.41, 5.74) is 3.15. The average Bonchev–Trinajstić information content (AvgIpc) is 3.39. The molecule has 0 bridgehead atoms. The lowest BCUT2D eigenvalue weighted by molar-refractivity contribution is -0.341. The number of halogens is 2. The number of alkyl halides is 2. The molecule has 180 valence electrons. The SMILES string of the molecule is CC(C)(C)C1Cc2cc(NC(=O)C3(C4=CC=C5OC(F)(F)OC5C4)CC3)ccc2N1CCC#N. The predicted molar refractivity (Wildman–Crippen MR) is 123 cm³/mol. The molecule has 1 saturated heterocycles. The summed E-state index contributed by atoms with van der Waals surface area (Å²) < 4.78 is 36.1. The summed E-state index contributed by atoms with van der Waals surface area (Å²) in [7, 11) is 0. The van der Waals surface area contributed by atoms with Crippen LogP contribution in [0.15, 0.2) is 41.7 Å². The molecule has 2 unspecified atom stereocenters. The molecule has 6 nitrogen and oxygen atoms in total. The van der Waals surface area contributed by atoms with Crippen molar-refractivity contribution in [1.82, 2.24) is 0 Å². The Labute approximate surface area is 198 Å². The van der Waals surface area contributed by atoms with E-state index in [0.29, 0.717) is 25.8 Å². The summed E-state index contributed by atoms with van der Waals surface area (Å²) in [5.74, 6) is -0.00846. The highest BCUT2D eigenvalue weighted by atomic mass is 19.3. The number of nitrogens with zero attached hydrogens (tertiary/aromatic N) is 2. The number of anilines is 2. The summed E-state index contributed by atoms with van der Waals surface area (Å²) in [6.45, 7) is 7.29. The summed E-state index contributed by atoms with van der Waals surface area (Å²) in [5, 5.41) is 12.2. The summed E-state index contributed by atoms with van der Waals surface area (Å²) in [6.07, 6.45) is 1.64. The van der Waals surface area contributed by atoms with Crippen LogP contribution in [0.4, 0.5) is 20.2 Å². The third-order valence-corrected chi connectivity index (χ3v) is 7.39. The van der Waals surface area contributed by atoms with Crippen LogP contribution < -0.4 is 10.2 Å². The largest absolute Gasteiger partial charge is 0.535 e. The first kappa shape index (κ1) is 22.9. The van der Waals surface area contributed by atoms with E-state index >= 15 is 0 Å². The summed E-state index contributed by atoms with van der Waals surface area (Å²) in [6, 6.07) is 8.46. The Morgan fingerprint density at radius 1 is 1.26 bits per heavy atom. The monoisotopic (exact) mass is 469 g/mol. The number of hydrogen-bond acceptors (Lipinski definition) is 5. The van der Waals surface area contributed by atoms with Gasteiger partial charge >= 0.3 is 6.29 Å². The first-order chi connectivity index (χ1) is 16.0. The molecule has 0 radical (unpaired) electrons. The Kier molecular flexibility index (Phi) is 5.25. The van der Waals surface area contributed by atoms with Crippen LogP contribution >= 0.6 is 0 Å². The molecule has 0 aromatic heterocycles. The molecule has 4 aliphatic rings. The predicted octanol–water partition coefficient (Wildman–Crippen LogP) is 5.28. The van der Waals surface area contributed by atoms with Crippen molar-refractivity contribution < 1.29 is 23.0 Å². The zero-order valence-electron chi connectivity index (χ0n) is 19.7. The Bertz CT molecular complexity index is 1130. The lowest BCUT2D eigenvalue weighted by Crippen LogP contribution is -2.42. The van der Waals surface area contributed by atoms with Crippen LogP contribution in [0.2, 0.25) is 0 Å². The van der Waals surface area contributed by atoms with Crippen molar-refractivity contribution in [2.45, 2.75) is 71.3 Å². The van der Waals surface area contributed by atoms with Crippen LogP contribution in [-0.2, 0) is 20.7 Å². The highest BCUT2D eigenvalue weighted by molar-refractivity contribution is 6.00. The quantitative estimate of drug-likeness (QED) is 0.636. The van der Waals surface area contributed by atoms with E-state index in [0.717, 1.165) is 28.9 Å². The summed E-state index contributed by atoms with van der Waals surface area (Å²) in [4.78, 5) is 15.6. The molecule has 2 aliphatic heterocycles. The number of nitrogens with one attached hydrogen (secondary N) is 1. The smallest absolute Gasteiger partial charge is 0.411 e. The molecular weight excluding hydrogens is 440 g/mol. The topological polar surface area (TPSA) is 74.6 Å². The zero-order chi connectivity index (χ0) is 24.3. The normalized spacial score (nSPS) is 25.9. The van der Waals surface area contributed by atoms with Crippen LogP contribution in [0.3, 0.4) is 0 Å². The van der Waals surface area contributed by atoms with E-state index in [9.17, 15) is 13.6 Å². The standard InChI is InChI=1S/C26H29F2N3O3/c1-24(2,3)22-14-16-13-18(6-7-19(16)31(22)12-4-11-29)30-23(32)25(9-10-25)17-5-8-20-21(15-17)34-26(27,28)33-20/h5-8,13,21-22H,4,9-10,12,14-15H2,1-3H3,(H,30,32).